The summed E-state index contributed by atoms with van der Waals surface area (Å²) in [7, 11) is 3.14. The molecule has 0 heterocycles. The quantitative estimate of drug-likeness (QED) is 0.0367. The Morgan fingerprint density at radius 1 is 0.407 bits per heavy atom. The molecule has 0 saturated carbocycles. The van der Waals surface area contributed by atoms with Crippen LogP contribution in [-0.4, -0.2) is 37.7 Å². The monoisotopic (exact) mass is 788 g/mol. The van der Waals surface area contributed by atoms with Crippen LogP contribution < -0.4 is 23.8 Å². The first kappa shape index (κ1) is 41.1. The van der Waals surface area contributed by atoms with Crippen molar-refractivity contribution in [3.8, 4) is 39.9 Å². The van der Waals surface area contributed by atoms with Crippen molar-refractivity contribution in [2.75, 3.05) is 14.2 Å². The third-order valence-corrected chi connectivity index (χ3v) is 9.07. The van der Waals surface area contributed by atoms with E-state index in [4.69, 9.17) is 28.7 Å². The molecule has 7 rings (SSSR count). The Hall–Kier alpha value is -7.56. The lowest BCUT2D eigenvalue weighted by atomic mass is 10.0. The number of carbonyl (C=O) groups excluding carboxylic acids is 4. The highest BCUT2D eigenvalue weighted by Crippen LogP contribution is 2.26. The molecule has 0 N–H and O–H groups in total. The highest BCUT2D eigenvalue weighted by molar-refractivity contribution is 5.99. The SMILES string of the molecule is COc1ccc(C(=O)Oc2ccc(-c3ccc(OOCc4ccc(C(C)=O)cc4)cc3)cc2)cc1.COc1ccc(C(=O)Oc2ccc3cc(C(C)=O)ccc3c2)cc1. The Morgan fingerprint density at radius 2 is 0.814 bits per heavy atom. The number of fused-ring (bicyclic) bond motifs is 1. The Labute approximate surface area is 341 Å². The van der Waals surface area contributed by atoms with Crippen LogP contribution in [0.1, 0.15) is 60.8 Å². The van der Waals surface area contributed by atoms with E-state index in [1.165, 1.54) is 13.8 Å². The van der Waals surface area contributed by atoms with Gasteiger partial charge in [0.1, 0.15) is 29.6 Å². The van der Waals surface area contributed by atoms with Gasteiger partial charge in [-0.1, -0.05) is 66.7 Å². The lowest BCUT2D eigenvalue weighted by Gasteiger charge is -2.08. The van der Waals surface area contributed by atoms with Crippen molar-refractivity contribution in [1.82, 2.24) is 0 Å². The molecule has 0 amide bonds. The summed E-state index contributed by atoms with van der Waals surface area (Å²) >= 11 is 0. The van der Waals surface area contributed by atoms with E-state index in [-0.39, 0.29) is 18.2 Å². The van der Waals surface area contributed by atoms with Gasteiger partial charge in [-0.05, 0) is 132 Å². The van der Waals surface area contributed by atoms with Crippen LogP contribution in [-0.2, 0) is 11.5 Å². The summed E-state index contributed by atoms with van der Waals surface area (Å²) in [5.74, 6) is 2.02. The van der Waals surface area contributed by atoms with E-state index in [2.05, 4.69) is 0 Å². The fraction of sp³-hybridized carbons (Fsp3) is 0.102. The molecule has 0 fully saturated rings. The number of ether oxygens (including phenoxy) is 4. The average molecular weight is 789 g/mol. The van der Waals surface area contributed by atoms with Crippen molar-refractivity contribution in [2.45, 2.75) is 20.5 Å². The van der Waals surface area contributed by atoms with Gasteiger partial charge >= 0.3 is 11.9 Å². The number of esters is 2. The first-order valence-electron chi connectivity index (χ1n) is 18.5. The van der Waals surface area contributed by atoms with E-state index in [0.29, 0.717) is 51.0 Å². The van der Waals surface area contributed by atoms with Gasteiger partial charge in [0.05, 0.1) is 25.3 Å². The lowest BCUT2D eigenvalue weighted by molar-refractivity contribution is -0.217. The summed E-state index contributed by atoms with van der Waals surface area (Å²) in [6.07, 6.45) is 0. The molecular formula is C49H40O10. The second-order valence-electron chi connectivity index (χ2n) is 13.2. The van der Waals surface area contributed by atoms with Gasteiger partial charge in [0, 0.05) is 11.1 Å². The van der Waals surface area contributed by atoms with E-state index >= 15 is 0 Å². The Kier molecular flexibility index (Phi) is 13.6. The minimum Gasteiger partial charge on any atom is -0.497 e. The average Bonchev–Trinajstić information content (AvgIpc) is 3.27. The molecule has 296 valence electrons. The molecule has 0 spiro atoms. The summed E-state index contributed by atoms with van der Waals surface area (Å²) in [6.45, 7) is 3.33. The first-order valence-corrected chi connectivity index (χ1v) is 18.5. The Balaban J connectivity index is 0.000000213. The van der Waals surface area contributed by atoms with E-state index in [9.17, 15) is 19.2 Å². The number of Topliss-reactive ketones (excluding diaryl/α,β-unsaturated/α-hetero) is 2. The van der Waals surface area contributed by atoms with Crippen molar-refractivity contribution < 1.29 is 47.9 Å². The number of hydrogen-bond acceptors (Lipinski definition) is 10. The molecular weight excluding hydrogens is 749 g/mol. The largest absolute Gasteiger partial charge is 0.497 e. The summed E-state index contributed by atoms with van der Waals surface area (Å²) in [6, 6.07) is 46.2. The molecule has 10 nitrogen and oxygen atoms in total. The number of rotatable bonds is 13. The van der Waals surface area contributed by atoms with Gasteiger partial charge in [0.25, 0.3) is 0 Å². The molecule has 0 saturated heterocycles. The molecule has 0 aliphatic heterocycles. The van der Waals surface area contributed by atoms with Gasteiger partial charge in [0.2, 0.25) is 0 Å². The number of hydrogen-bond donors (Lipinski definition) is 0. The number of benzene rings is 7. The second kappa shape index (κ2) is 19.5. The molecule has 59 heavy (non-hydrogen) atoms. The third kappa shape index (κ3) is 11.3. The van der Waals surface area contributed by atoms with E-state index in [1.54, 1.807) is 105 Å². The summed E-state index contributed by atoms with van der Waals surface area (Å²) < 4.78 is 21.0. The van der Waals surface area contributed by atoms with Gasteiger partial charge in [-0.25, -0.2) is 9.59 Å². The van der Waals surface area contributed by atoms with Crippen molar-refractivity contribution >= 4 is 34.3 Å². The van der Waals surface area contributed by atoms with E-state index in [0.717, 1.165) is 27.5 Å². The highest BCUT2D eigenvalue weighted by Gasteiger charge is 2.11. The van der Waals surface area contributed by atoms with Gasteiger partial charge < -0.3 is 23.8 Å². The topological polar surface area (TPSA) is 124 Å². The van der Waals surface area contributed by atoms with E-state index in [1.807, 2.05) is 66.7 Å². The molecule has 0 unspecified atom stereocenters. The molecule has 0 atom stereocenters. The number of ketones is 2. The smallest absolute Gasteiger partial charge is 0.343 e. The van der Waals surface area contributed by atoms with Crippen LogP contribution in [0.5, 0.6) is 28.7 Å². The molecule has 7 aromatic rings. The zero-order chi connectivity index (χ0) is 41.7. The predicted molar refractivity (Wildman–Crippen MR) is 224 cm³/mol. The third-order valence-electron chi connectivity index (χ3n) is 9.07. The zero-order valence-electron chi connectivity index (χ0n) is 32.8. The van der Waals surface area contributed by atoms with Crippen LogP contribution >= 0.6 is 0 Å². The van der Waals surface area contributed by atoms with Crippen molar-refractivity contribution in [1.29, 1.82) is 0 Å². The lowest BCUT2D eigenvalue weighted by Crippen LogP contribution is -2.08. The van der Waals surface area contributed by atoms with Crippen molar-refractivity contribution in [3.05, 3.63) is 186 Å². The standard InChI is InChI=1S/C29H24O6.C20H16O4/c1-20(30)22-5-3-21(4-6-22)19-33-35-28-17-9-24(10-18-28)23-7-15-27(16-8-23)34-29(31)25-11-13-26(32-2)14-12-25;1-13(21)15-3-4-17-12-19(10-7-16(17)11-15)24-20(22)14-5-8-18(23-2)9-6-14/h3-18H,19H2,1-2H3;3-12H,1-2H3. The minimum absolute atomic E-state index is 0.0203. The molecule has 0 bridgehead atoms. The van der Waals surface area contributed by atoms with Crippen LogP contribution in [0.15, 0.2) is 158 Å². The van der Waals surface area contributed by atoms with Gasteiger partial charge in [-0.3, -0.25) is 9.59 Å². The molecule has 7 aromatic carbocycles. The van der Waals surface area contributed by atoms with E-state index < -0.39 is 11.9 Å². The fourth-order valence-corrected chi connectivity index (χ4v) is 5.71. The maximum Gasteiger partial charge on any atom is 0.343 e. The molecule has 0 aliphatic rings. The number of methoxy groups -OCH3 is 2. The summed E-state index contributed by atoms with van der Waals surface area (Å²) in [5.41, 5.74) is 5.06. The van der Waals surface area contributed by atoms with Gasteiger partial charge in [-0.15, -0.1) is 0 Å². The van der Waals surface area contributed by atoms with Crippen LogP contribution in [0.3, 0.4) is 0 Å². The second-order valence-corrected chi connectivity index (χ2v) is 13.2. The summed E-state index contributed by atoms with van der Waals surface area (Å²) in [5, 5.41) is 1.83. The molecule has 0 radical (unpaired) electrons. The van der Waals surface area contributed by atoms with Crippen molar-refractivity contribution in [2.24, 2.45) is 0 Å². The molecule has 0 aromatic heterocycles. The zero-order valence-corrected chi connectivity index (χ0v) is 32.8. The van der Waals surface area contributed by atoms with Crippen LogP contribution in [0, 0.1) is 0 Å². The van der Waals surface area contributed by atoms with Gasteiger partial charge in [-0.2, -0.15) is 4.89 Å². The minimum atomic E-state index is -0.434. The Morgan fingerprint density at radius 3 is 1.32 bits per heavy atom. The van der Waals surface area contributed by atoms with Crippen molar-refractivity contribution in [3.63, 3.8) is 0 Å². The number of carbonyl (C=O) groups is 4. The highest BCUT2D eigenvalue weighted by atomic mass is 17.2. The first-order chi connectivity index (χ1) is 28.6. The maximum absolute atomic E-state index is 12.3. The normalized spacial score (nSPS) is 10.4. The molecule has 10 heteroatoms. The summed E-state index contributed by atoms with van der Waals surface area (Å²) in [4.78, 5) is 58.0. The predicted octanol–water partition coefficient (Wildman–Crippen LogP) is 10.6. The fourth-order valence-electron chi connectivity index (χ4n) is 5.71. The van der Waals surface area contributed by atoms with Crippen LogP contribution in [0.2, 0.25) is 0 Å². The maximum atomic E-state index is 12.3. The Bertz CT molecular complexity index is 2540. The van der Waals surface area contributed by atoms with Crippen LogP contribution in [0.25, 0.3) is 21.9 Å². The van der Waals surface area contributed by atoms with Crippen LogP contribution in [0.4, 0.5) is 0 Å². The van der Waals surface area contributed by atoms with Gasteiger partial charge in [0.15, 0.2) is 17.3 Å². The molecule has 0 aliphatic carbocycles.